The number of benzene rings is 1. The molecule has 0 radical (unpaired) electrons. The normalized spacial score (nSPS) is 17.7. The number of quaternary nitrogens is 1. The quantitative estimate of drug-likeness (QED) is 0.0308. The number of aromatic amines is 1. The number of carboxylic acid groups (broad SMARTS) is 1. The molecule has 30 heteroatoms. The molecule has 1 aliphatic heterocycles. The summed E-state index contributed by atoms with van der Waals surface area (Å²) in [5.41, 5.74) is 4.48. The van der Waals surface area contributed by atoms with Gasteiger partial charge < -0.3 is 94.1 Å². The summed E-state index contributed by atoms with van der Waals surface area (Å²) in [4.78, 5) is 160. The molecule has 1 saturated heterocycles. The van der Waals surface area contributed by atoms with Gasteiger partial charge in [-0.05, 0) is 87.3 Å². The van der Waals surface area contributed by atoms with E-state index in [2.05, 4.69) is 63.6 Å². The highest BCUT2D eigenvalue weighted by Gasteiger charge is 2.42. The van der Waals surface area contributed by atoms with Gasteiger partial charge in [-0.15, -0.1) is 0 Å². The average Bonchev–Trinajstić information content (AvgIpc) is 4.40. The van der Waals surface area contributed by atoms with Gasteiger partial charge in [-0.2, -0.15) is 0 Å². The number of hydrogen-bond donors (Lipinski definition) is 17. The Morgan fingerprint density at radius 2 is 1.02 bits per heavy atom. The molecule has 492 valence electrons. The molecule has 3 rings (SSSR count). The van der Waals surface area contributed by atoms with E-state index in [0.29, 0.717) is 24.1 Å². The predicted octanol–water partition coefficient (Wildman–Crippen LogP) is -4.12. The molecule has 0 unspecified atom stereocenters. The minimum atomic E-state index is -1.78. The molecule has 0 bridgehead atoms. The Bertz CT molecular complexity index is 2660. The maximum Gasteiger partial charge on any atom is 0.328 e. The Hall–Kier alpha value is -7.80. The van der Waals surface area contributed by atoms with Gasteiger partial charge in [-0.1, -0.05) is 73.9 Å². The van der Waals surface area contributed by atoms with Crippen molar-refractivity contribution in [3.63, 3.8) is 0 Å². The van der Waals surface area contributed by atoms with Crippen molar-refractivity contribution in [3.8, 4) is 5.75 Å². The number of likely N-dealkylation sites (tertiary alicyclic amines) is 1. The van der Waals surface area contributed by atoms with Crippen LogP contribution in [0.2, 0.25) is 0 Å². The maximum absolute atomic E-state index is 14.6. The first-order valence-corrected chi connectivity index (χ1v) is 29.7. The first-order valence-electron chi connectivity index (χ1n) is 29.7. The first kappa shape index (κ1) is 74.5. The minimum absolute atomic E-state index is 0.0160. The molecule has 30 nitrogen and oxygen atoms in total. The van der Waals surface area contributed by atoms with E-state index in [-0.39, 0.29) is 68.6 Å². The SMILES string of the molecule is CC[C@H](C)[C@H](NC(=O)[C@@H](NC(=O)[C@@H]1CCCN1C(=O)[C@H](Cc1cnc[nH]1)NC(=O)[C@@H]([NH3+])CO)[C@@H](C)O)C(=O)N[C@@H](CC(C)C)C(=O)N[C@@H](Cc1ccc(O)cc1)C(=O)N[C@H](C(=O)N[C@@H](CC(C)C)C(=O)N[C@@H](CC(C)C)C(=O)N[C@@H](CO)C(=O)O)[C@@H](C)O. The van der Waals surface area contributed by atoms with Gasteiger partial charge in [-0.25, -0.2) is 9.78 Å². The number of phenolic OH excluding ortho intramolecular Hbond substituents is 1. The van der Waals surface area contributed by atoms with Crippen LogP contribution in [0, 0.1) is 23.7 Å². The Labute approximate surface area is 511 Å². The summed E-state index contributed by atoms with van der Waals surface area (Å²) in [6, 6.07) is -10.1. The number of nitrogens with zero attached hydrogens (tertiary/aromatic N) is 2. The van der Waals surface area contributed by atoms with Gasteiger partial charge in [0.15, 0.2) is 6.04 Å². The molecule has 1 aromatic heterocycles. The van der Waals surface area contributed by atoms with Crippen molar-refractivity contribution in [2.24, 2.45) is 23.7 Å². The van der Waals surface area contributed by atoms with Crippen molar-refractivity contribution in [1.82, 2.24) is 62.7 Å². The van der Waals surface area contributed by atoms with Crippen molar-refractivity contribution in [3.05, 3.63) is 48.0 Å². The monoisotopic (exact) mass is 1240 g/mol. The second kappa shape index (κ2) is 35.9. The van der Waals surface area contributed by atoms with Crippen molar-refractivity contribution < 1.29 is 89.1 Å². The Kier molecular flexibility index (Phi) is 30.3. The Balaban J connectivity index is 1.90. The number of carbonyl (C=O) groups is 11. The molecule has 88 heavy (non-hydrogen) atoms. The highest BCUT2D eigenvalue weighted by atomic mass is 16.4. The molecule has 1 aliphatic rings. The molecule has 1 aromatic carbocycles. The number of aliphatic hydroxyl groups is 4. The third kappa shape index (κ3) is 23.4. The molecular formula is C58H94N13O17+. The summed E-state index contributed by atoms with van der Waals surface area (Å²) in [6.45, 7) is 14.8. The molecule has 2 heterocycles. The lowest BCUT2D eigenvalue weighted by Gasteiger charge is -2.32. The number of hydrogen-bond acceptors (Lipinski definition) is 17. The fraction of sp³-hybridized carbons (Fsp3) is 0.655. The van der Waals surface area contributed by atoms with E-state index in [1.807, 2.05) is 0 Å². The molecule has 2 aromatic rings. The van der Waals surface area contributed by atoms with Crippen molar-refractivity contribution in [2.45, 2.75) is 199 Å². The van der Waals surface area contributed by atoms with Crippen LogP contribution in [-0.2, 0) is 65.6 Å². The van der Waals surface area contributed by atoms with Crippen LogP contribution in [0.4, 0.5) is 0 Å². The second-order valence-electron chi connectivity index (χ2n) is 23.8. The third-order valence-corrected chi connectivity index (χ3v) is 14.8. The third-order valence-electron chi connectivity index (χ3n) is 14.8. The number of phenols is 1. The number of carbonyl (C=O) groups excluding carboxylic acids is 10. The van der Waals surface area contributed by atoms with E-state index in [1.165, 1.54) is 55.5 Å². The number of H-pyrrole nitrogens is 1. The molecule has 14 atom stereocenters. The van der Waals surface area contributed by atoms with Crippen LogP contribution in [0.5, 0.6) is 5.75 Å². The highest BCUT2D eigenvalue weighted by Crippen LogP contribution is 2.21. The number of aromatic nitrogens is 2. The number of imidazole rings is 1. The summed E-state index contributed by atoms with van der Waals surface area (Å²) in [6.07, 6.45) is 0.0770. The van der Waals surface area contributed by atoms with Gasteiger partial charge in [-0.3, -0.25) is 47.9 Å². The molecule has 10 amide bonds. The van der Waals surface area contributed by atoms with Gasteiger partial charge in [0, 0.05) is 31.3 Å². The maximum atomic E-state index is 14.6. The Morgan fingerprint density at radius 1 is 0.580 bits per heavy atom. The van der Waals surface area contributed by atoms with E-state index in [4.69, 9.17) is 0 Å². The van der Waals surface area contributed by atoms with Crippen LogP contribution in [0.25, 0.3) is 0 Å². The second-order valence-corrected chi connectivity index (χ2v) is 23.8. The minimum Gasteiger partial charge on any atom is -0.508 e. The molecule has 1 fully saturated rings. The summed E-state index contributed by atoms with van der Waals surface area (Å²) in [7, 11) is 0. The zero-order valence-corrected chi connectivity index (χ0v) is 51.8. The molecule has 0 aliphatic carbocycles. The van der Waals surface area contributed by atoms with Gasteiger partial charge >= 0.3 is 5.97 Å². The lowest BCUT2D eigenvalue weighted by molar-refractivity contribution is -0.409. The molecule has 0 saturated carbocycles. The summed E-state index contributed by atoms with van der Waals surface area (Å²) >= 11 is 0. The van der Waals surface area contributed by atoms with E-state index >= 15 is 0 Å². The number of amides is 10. The topological polar surface area (TPSA) is 477 Å². The summed E-state index contributed by atoms with van der Waals surface area (Å²) in [5, 5.41) is 83.3. The smallest absolute Gasteiger partial charge is 0.328 e. The zero-order chi connectivity index (χ0) is 66.3. The van der Waals surface area contributed by atoms with Crippen molar-refractivity contribution >= 4 is 65.0 Å². The van der Waals surface area contributed by atoms with Crippen LogP contribution < -0.4 is 53.6 Å². The molecular weight excluding hydrogens is 1150 g/mol. The van der Waals surface area contributed by atoms with E-state index < -0.39 is 163 Å². The number of aromatic hydroxyl groups is 1. The van der Waals surface area contributed by atoms with Gasteiger partial charge in [0.25, 0.3) is 5.91 Å². The standard InChI is InChI=1S/C58H93N13O17/c1-11-31(8)45(68-56(85)47(33(10)75)70-53(82)44-13-12-18-71(44)57(86)42(23-35-24-60-27-61-35)66-48(77)37(59)25-72)54(83)64-39(20-29(4)5)50(79)63-41(22-34-14-16-36(76)17-15-34)52(81)69-46(32(9)74)55(84)65-40(21-30(6)7)49(78)62-38(19-28(2)3)51(80)67-43(26-73)58(87)88/h14-17,24,27-33,37-47,72-76H,11-13,18-23,25-26,59H2,1-10H3,(H,60,61)(H,62,78)(H,63,79)(H,64,83)(H,65,84)(H,66,77)(H,67,80)(H,68,85)(H,69,81)(H,70,82)(H,87,88)/p+1/t31-,32+,33+,37-,38-,39-,40-,41-,42-,43-,44-,45-,46-,47-/m0/s1. The van der Waals surface area contributed by atoms with Gasteiger partial charge in [0.05, 0.1) is 25.1 Å². The average molecular weight is 1250 g/mol. The zero-order valence-electron chi connectivity index (χ0n) is 51.8. The van der Waals surface area contributed by atoms with Gasteiger partial charge in [0.1, 0.15) is 72.8 Å². The van der Waals surface area contributed by atoms with Crippen LogP contribution in [-0.4, -0.2) is 209 Å². The van der Waals surface area contributed by atoms with Crippen LogP contribution in [0.3, 0.4) is 0 Å². The summed E-state index contributed by atoms with van der Waals surface area (Å²) < 4.78 is 0. The largest absolute Gasteiger partial charge is 0.508 e. The molecule has 19 N–H and O–H groups in total. The first-order chi connectivity index (χ1) is 41.3. The van der Waals surface area contributed by atoms with E-state index in [1.54, 1.807) is 55.4 Å². The number of nitrogens with one attached hydrogen (secondary N) is 10. The highest BCUT2D eigenvalue weighted by molar-refractivity contribution is 5.99. The van der Waals surface area contributed by atoms with Crippen LogP contribution in [0.15, 0.2) is 36.8 Å². The summed E-state index contributed by atoms with van der Waals surface area (Å²) in [5.74, 6) is -11.8. The van der Waals surface area contributed by atoms with Crippen molar-refractivity contribution in [1.29, 1.82) is 0 Å². The van der Waals surface area contributed by atoms with Gasteiger partial charge in [0.2, 0.25) is 53.2 Å². The number of aliphatic hydroxyl groups excluding tert-OH is 4. The lowest BCUT2D eigenvalue weighted by Crippen LogP contribution is -2.70. The van der Waals surface area contributed by atoms with E-state index in [0.717, 1.165) is 0 Å². The fourth-order valence-corrected chi connectivity index (χ4v) is 9.66. The van der Waals surface area contributed by atoms with Crippen LogP contribution >= 0.6 is 0 Å². The lowest BCUT2D eigenvalue weighted by atomic mass is 9.96. The van der Waals surface area contributed by atoms with Crippen LogP contribution in [0.1, 0.15) is 119 Å². The molecule has 0 spiro atoms. The number of carboxylic acids is 1. The fourth-order valence-electron chi connectivity index (χ4n) is 9.66. The number of rotatable bonds is 36. The Morgan fingerprint density at radius 3 is 1.48 bits per heavy atom. The predicted molar refractivity (Wildman–Crippen MR) is 316 cm³/mol. The number of aliphatic carboxylic acids is 1. The van der Waals surface area contributed by atoms with E-state index in [9.17, 15) is 83.4 Å². The van der Waals surface area contributed by atoms with Crippen molar-refractivity contribution in [2.75, 3.05) is 19.8 Å².